The van der Waals surface area contributed by atoms with Gasteiger partial charge in [-0.05, 0) is 73.9 Å². The lowest BCUT2D eigenvalue weighted by Gasteiger charge is -2.33. The fourth-order valence-corrected chi connectivity index (χ4v) is 5.15. The van der Waals surface area contributed by atoms with Crippen molar-refractivity contribution in [3.63, 3.8) is 0 Å². The Bertz CT molecular complexity index is 1410. The first-order chi connectivity index (χ1) is 19.0. The molecule has 202 valence electrons. The van der Waals surface area contributed by atoms with Crippen LogP contribution in [0.25, 0.3) is 11.0 Å². The lowest BCUT2D eigenvalue weighted by Crippen LogP contribution is -2.48. The molecule has 0 saturated heterocycles. The number of aromatic nitrogens is 3. The number of para-hydroxylation sites is 1. The normalized spacial score (nSPS) is 14.6. The molecule has 0 radical (unpaired) electrons. The zero-order valence-corrected chi connectivity index (χ0v) is 22.0. The maximum Gasteiger partial charge on any atom is 0.249 e. The first-order valence-electron chi connectivity index (χ1n) is 13.5. The number of ether oxygens (including phenoxy) is 1. The third-order valence-electron chi connectivity index (χ3n) is 7.07. The predicted octanol–water partition coefficient (Wildman–Crippen LogP) is 4.76. The number of aromatic hydroxyl groups is 1. The highest BCUT2D eigenvalue weighted by Gasteiger charge is 2.34. The lowest BCUT2D eigenvalue weighted by molar-refractivity contribution is -0.127. The van der Waals surface area contributed by atoms with Crippen molar-refractivity contribution in [1.29, 1.82) is 0 Å². The Morgan fingerprint density at radius 2 is 1.74 bits per heavy atom. The van der Waals surface area contributed by atoms with Crippen molar-refractivity contribution < 1.29 is 19.4 Å². The molecule has 1 atom stereocenters. The maximum absolute atomic E-state index is 14.1. The van der Waals surface area contributed by atoms with Crippen molar-refractivity contribution in [2.75, 3.05) is 11.5 Å². The zero-order chi connectivity index (χ0) is 27.2. The Hall–Kier alpha value is -4.40. The van der Waals surface area contributed by atoms with Gasteiger partial charge in [-0.2, -0.15) is 0 Å². The number of amides is 2. The average Bonchev–Trinajstić information content (AvgIpc) is 3.36. The summed E-state index contributed by atoms with van der Waals surface area (Å²) in [4.78, 5) is 29.6. The Morgan fingerprint density at radius 3 is 2.46 bits per heavy atom. The summed E-state index contributed by atoms with van der Waals surface area (Å²) in [6, 6.07) is 20.1. The summed E-state index contributed by atoms with van der Waals surface area (Å²) >= 11 is 0. The molecule has 3 aromatic carbocycles. The first-order valence-corrected chi connectivity index (χ1v) is 13.5. The highest BCUT2D eigenvalue weighted by Crippen LogP contribution is 2.32. The SMILES string of the molecule is CCOc1ccc(N(C(=O)Cn2nnc3ccccc32)[C@@H](C(=O)NC2CCCCC2)c2ccc(O)cc2)cc1. The number of phenolic OH excluding ortho intramolecular Hbond substituents is 1. The van der Waals surface area contributed by atoms with Crippen LogP contribution in [0.15, 0.2) is 72.8 Å². The van der Waals surface area contributed by atoms with Crippen LogP contribution in [0.3, 0.4) is 0 Å². The van der Waals surface area contributed by atoms with E-state index in [9.17, 15) is 14.7 Å². The molecule has 1 aromatic heterocycles. The van der Waals surface area contributed by atoms with Crippen LogP contribution in [0, 0.1) is 0 Å². The number of rotatable bonds is 9. The molecule has 9 heteroatoms. The van der Waals surface area contributed by atoms with Crippen LogP contribution < -0.4 is 15.0 Å². The highest BCUT2D eigenvalue weighted by molar-refractivity contribution is 6.01. The van der Waals surface area contributed by atoms with Crippen LogP contribution >= 0.6 is 0 Å². The molecule has 4 aromatic rings. The topological polar surface area (TPSA) is 110 Å². The van der Waals surface area contributed by atoms with Gasteiger partial charge in [-0.1, -0.05) is 48.7 Å². The van der Waals surface area contributed by atoms with Gasteiger partial charge < -0.3 is 15.2 Å². The quantitative estimate of drug-likeness (QED) is 0.325. The van der Waals surface area contributed by atoms with Crippen LogP contribution in [0.1, 0.15) is 50.6 Å². The first kappa shape index (κ1) is 26.2. The molecule has 0 bridgehead atoms. The number of phenols is 1. The molecular weight excluding hydrogens is 494 g/mol. The second-order valence-corrected chi connectivity index (χ2v) is 9.76. The number of hydrogen-bond donors (Lipinski definition) is 2. The second-order valence-electron chi connectivity index (χ2n) is 9.76. The van der Waals surface area contributed by atoms with Crippen LogP contribution in [0.5, 0.6) is 11.5 Å². The van der Waals surface area contributed by atoms with Gasteiger partial charge in [-0.25, -0.2) is 4.68 Å². The Balaban J connectivity index is 1.55. The van der Waals surface area contributed by atoms with Gasteiger partial charge in [0.25, 0.3) is 0 Å². The van der Waals surface area contributed by atoms with E-state index in [0.717, 1.165) is 37.6 Å². The van der Waals surface area contributed by atoms with Crippen molar-refractivity contribution in [3.8, 4) is 11.5 Å². The van der Waals surface area contributed by atoms with E-state index in [-0.39, 0.29) is 30.2 Å². The molecule has 1 aliphatic rings. The van der Waals surface area contributed by atoms with Gasteiger partial charge in [-0.3, -0.25) is 14.5 Å². The third-order valence-corrected chi connectivity index (χ3v) is 7.07. The van der Waals surface area contributed by atoms with Gasteiger partial charge in [-0.15, -0.1) is 5.10 Å². The summed E-state index contributed by atoms with van der Waals surface area (Å²) in [6.07, 6.45) is 5.12. The smallest absolute Gasteiger partial charge is 0.249 e. The van der Waals surface area contributed by atoms with Crippen molar-refractivity contribution in [3.05, 3.63) is 78.4 Å². The number of anilines is 1. The van der Waals surface area contributed by atoms with Crippen LogP contribution in [-0.4, -0.2) is 44.6 Å². The molecule has 1 saturated carbocycles. The molecule has 5 rings (SSSR count). The van der Waals surface area contributed by atoms with Gasteiger partial charge in [0, 0.05) is 11.7 Å². The molecule has 2 amide bonds. The number of fused-ring (bicyclic) bond motifs is 1. The van der Waals surface area contributed by atoms with E-state index in [0.29, 0.717) is 29.1 Å². The minimum atomic E-state index is -0.965. The lowest BCUT2D eigenvalue weighted by atomic mass is 9.94. The third kappa shape index (κ3) is 6.03. The van der Waals surface area contributed by atoms with Gasteiger partial charge in [0.15, 0.2) is 0 Å². The summed E-state index contributed by atoms with van der Waals surface area (Å²) in [7, 11) is 0. The Morgan fingerprint density at radius 1 is 1.03 bits per heavy atom. The van der Waals surface area contributed by atoms with Crippen LogP contribution in [0.4, 0.5) is 5.69 Å². The van der Waals surface area contributed by atoms with Crippen molar-refractivity contribution in [2.24, 2.45) is 0 Å². The summed E-state index contributed by atoms with van der Waals surface area (Å²) in [5.41, 5.74) is 2.55. The summed E-state index contributed by atoms with van der Waals surface area (Å²) in [5, 5.41) is 21.5. The van der Waals surface area contributed by atoms with Gasteiger partial charge >= 0.3 is 0 Å². The monoisotopic (exact) mass is 527 g/mol. The molecule has 9 nitrogen and oxygen atoms in total. The number of benzene rings is 3. The van der Waals surface area contributed by atoms with Crippen LogP contribution in [0.2, 0.25) is 0 Å². The molecule has 0 unspecified atom stereocenters. The van der Waals surface area contributed by atoms with Crippen LogP contribution in [-0.2, 0) is 16.1 Å². The van der Waals surface area contributed by atoms with E-state index in [1.807, 2.05) is 31.2 Å². The Kier molecular flexibility index (Phi) is 8.05. The summed E-state index contributed by atoms with van der Waals surface area (Å²) in [6.45, 7) is 2.31. The van der Waals surface area contributed by atoms with E-state index in [1.54, 1.807) is 41.1 Å². The van der Waals surface area contributed by atoms with Crippen molar-refractivity contribution in [1.82, 2.24) is 20.3 Å². The zero-order valence-electron chi connectivity index (χ0n) is 22.0. The molecule has 2 N–H and O–H groups in total. The number of nitrogens with zero attached hydrogens (tertiary/aromatic N) is 4. The number of carbonyl (C=O) groups is 2. The molecule has 1 heterocycles. The average molecular weight is 528 g/mol. The van der Waals surface area contributed by atoms with Gasteiger partial charge in [0.1, 0.15) is 29.6 Å². The minimum Gasteiger partial charge on any atom is -0.508 e. The minimum absolute atomic E-state index is 0.0578. The summed E-state index contributed by atoms with van der Waals surface area (Å²) in [5.74, 6) is 0.159. The second kappa shape index (κ2) is 12.0. The number of carbonyl (C=O) groups excluding carboxylic acids is 2. The number of nitrogens with one attached hydrogen (secondary N) is 1. The van der Waals surface area contributed by atoms with E-state index < -0.39 is 6.04 Å². The van der Waals surface area contributed by atoms with E-state index >= 15 is 0 Å². The molecule has 0 aliphatic heterocycles. The molecule has 39 heavy (non-hydrogen) atoms. The standard InChI is InChI=1S/C30H33N5O4/c1-2-39-25-18-14-23(15-19-25)35(28(37)20-34-27-11-7-6-10-26(27)32-33-34)29(21-12-16-24(36)17-13-21)30(38)31-22-8-4-3-5-9-22/h6-7,10-19,22,29,36H,2-5,8-9,20H2,1H3,(H,31,38)/t29-/m1/s1. The predicted molar refractivity (Wildman–Crippen MR) is 148 cm³/mol. The van der Waals surface area contributed by atoms with Gasteiger partial charge in [0.05, 0.1) is 12.1 Å². The van der Waals surface area contributed by atoms with Crippen molar-refractivity contribution in [2.45, 2.75) is 57.7 Å². The fraction of sp³-hybridized carbons (Fsp3) is 0.333. The van der Waals surface area contributed by atoms with Gasteiger partial charge in [0.2, 0.25) is 11.8 Å². The largest absolute Gasteiger partial charge is 0.508 e. The molecule has 1 aliphatic carbocycles. The summed E-state index contributed by atoms with van der Waals surface area (Å²) < 4.78 is 7.16. The van der Waals surface area contributed by atoms with E-state index in [4.69, 9.17) is 4.74 Å². The fourth-order valence-electron chi connectivity index (χ4n) is 5.15. The highest BCUT2D eigenvalue weighted by atomic mass is 16.5. The molecule has 1 fully saturated rings. The Labute approximate surface area is 227 Å². The number of hydrogen-bond acceptors (Lipinski definition) is 6. The maximum atomic E-state index is 14.1. The van der Waals surface area contributed by atoms with E-state index in [1.165, 1.54) is 17.0 Å². The van der Waals surface area contributed by atoms with E-state index in [2.05, 4.69) is 15.6 Å². The molecular formula is C30H33N5O4. The van der Waals surface area contributed by atoms with Crippen molar-refractivity contribution >= 4 is 28.5 Å². The molecule has 0 spiro atoms.